The Balaban J connectivity index is 2.04. The molecule has 0 saturated carbocycles. The molecule has 2 N–H and O–H groups in total. The van der Waals surface area contributed by atoms with Gasteiger partial charge in [-0.05, 0) is 18.2 Å². The predicted octanol–water partition coefficient (Wildman–Crippen LogP) is 1.44. The van der Waals surface area contributed by atoms with E-state index in [1.165, 1.54) is 13.1 Å². The molecule has 1 aliphatic heterocycles. The van der Waals surface area contributed by atoms with Gasteiger partial charge < -0.3 is 5.32 Å². The standard InChI is InChI=1S/C12H11Cl2N3O3/c1-17-12(20)7(11(19)16-17)5-10(18)15-9-4-6(13)2-3-8(9)14/h2-4,7H,5H2,1H3,(H,15,18)(H,16,19). The van der Waals surface area contributed by atoms with E-state index in [0.717, 1.165) is 5.01 Å². The summed E-state index contributed by atoms with van der Waals surface area (Å²) in [5.74, 6) is -2.44. The Labute approximate surface area is 125 Å². The van der Waals surface area contributed by atoms with Crippen LogP contribution >= 0.6 is 23.2 Å². The Morgan fingerprint density at radius 1 is 1.40 bits per heavy atom. The van der Waals surface area contributed by atoms with Gasteiger partial charge in [0.15, 0.2) is 0 Å². The molecule has 1 heterocycles. The fourth-order valence-electron chi connectivity index (χ4n) is 1.80. The number of rotatable bonds is 3. The number of hydrazine groups is 1. The summed E-state index contributed by atoms with van der Waals surface area (Å²) in [6.07, 6.45) is -0.252. The summed E-state index contributed by atoms with van der Waals surface area (Å²) in [4.78, 5) is 35.0. The van der Waals surface area contributed by atoms with Crippen LogP contribution in [0.15, 0.2) is 18.2 Å². The van der Waals surface area contributed by atoms with E-state index in [0.29, 0.717) is 15.7 Å². The fraction of sp³-hybridized carbons (Fsp3) is 0.250. The lowest BCUT2D eigenvalue weighted by Crippen LogP contribution is -2.31. The van der Waals surface area contributed by atoms with Gasteiger partial charge in [0, 0.05) is 18.5 Å². The zero-order valence-electron chi connectivity index (χ0n) is 10.4. The third-order valence-corrected chi connectivity index (χ3v) is 3.38. The topological polar surface area (TPSA) is 78.5 Å². The van der Waals surface area contributed by atoms with Gasteiger partial charge in [0.25, 0.3) is 11.8 Å². The lowest BCUT2D eigenvalue weighted by molar-refractivity contribution is -0.134. The molecular weight excluding hydrogens is 305 g/mol. The molecule has 1 fully saturated rings. The molecule has 0 radical (unpaired) electrons. The van der Waals surface area contributed by atoms with Gasteiger partial charge in [-0.1, -0.05) is 23.2 Å². The molecule has 8 heteroatoms. The van der Waals surface area contributed by atoms with E-state index in [4.69, 9.17) is 23.2 Å². The highest BCUT2D eigenvalue weighted by molar-refractivity contribution is 6.35. The number of nitrogens with one attached hydrogen (secondary N) is 2. The minimum Gasteiger partial charge on any atom is -0.325 e. The third kappa shape index (κ3) is 3.02. The monoisotopic (exact) mass is 315 g/mol. The zero-order chi connectivity index (χ0) is 14.9. The zero-order valence-corrected chi connectivity index (χ0v) is 12.0. The third-order valence-electron chi connectivity index (χ3n) is 2.82. The van der Waals surface area contributed by atoms with Crippen LogP contribution in [0.1, 0.15) is 6.42 Å². The molecule has 1 saturated heterocycles. The summed E-state index contributed by atoms with van der Waals surface area (Å²) in [5.41, 5.74) is 2.66. The summed E-state index contributed by atoms with van der Waals surface area (Å²) in [7, 11) is 1.42. The number of anilines is 1. The normalized spacial score (nSPS) is 18.1. The van der Waals surface area contributed by atoms with Crippen molar-refractivity contribution in [3.05, 3.63) is 28.2 Å². The highest BCUT2D eigenvalue weighted by Crippen LogP contribution is 2.26. The Hall–Kier alpha value is -1.79. The molecule has 6 nitrogen and oxygen atoms in total. The first kappa shape index (κ1) is 14.6. The van der Waals surface area contributed by atoms with Crippen molar-refractivity contribution in [2.24, 2.45) is 5.92 Å². The molecule has 1 unspecified atom stereocenters. The van der Waals surface area contributed by atoms with Crippen molar-refractivity contribution in [1.82, 2.24) is 10.4 Å². The molecule has 1 aromatic carbocycles. The Kier molecular flexibility index (Phi) is 4.15. The van der Waals surface area contributed by atoms with Gasteiger partial charge in [-0.2, -0.15) is 0 Å². The fourth-order valence-corrected chi connectivity index (χ4v) is 2.14. The highest BCUT2D eigenvalue weighted by Gasteiger charge is 2.38. The van der Waals surface area contributed by atoms with Crippen LogP contribution in [-0.2, 0) is 14.4 Å². The van der Waals surface area contributed by atoms with Crippen molar-refractivity contribution >= 4 is 46.6 Å². The van der Waals surface area contributed by atoms with Crippen LogP contribution in [0.3, 0.4) is 0 Å². The molecule has 3 amide bonds. The quantitative estimate of drug-likeness (QED) is 0.828. The number of hydrogen-bond acceptors (Lipinski definition) is 3. The number of carbonyl (C=O) groups is 3. The van der Waals surface area contributed by atoms with E-state index in [-0.39, 0.29) is 6.42 Å². The molecule has 0 spiro atoms. The minimum atomic E-state index is -1.02. The Morgan fingerprint density at radius 3 is 2.70 bits per heavy atom. The number of benzene rings is 1. The minimum absolute atomic E-state index is 0.252. The predicted molar refractivity (Wildman–Crippen MR) is 74.1 cm³/mol. The smallest absolute Gasteiger partial charge is 0.253 e. The number of halogens is 2. The van der Waals surface area contributed by atoms with E-state index in [1.54, 1.807) is 12.1 Å². The van der Waals surface area contributed by atoms with Gasteiger partial charge in [0.2, 0.25) is 5.91 Å². The molecule has 106 valence electrons. The molecular formula is C12H11Cl2N3O3. The molecule has 2 rings (SSSR count). The van der Waals surface area contributed by atoms with Gasteiger partial charge in [-0.3, -0.25) is 24.8 Å². The van der Waals surface area contributed by atoms with E-state index < -0.39 is 23.6 Å². The van der Waals surface area contributed by atoms with Crippen LogP contribution in [0.4, 0.5) is 5.69 Å². The number of hydrogen-bond donors (Lipinski definition) is 2. The van der Waals surface area contributed by atoms with Gasteiger partial charge in [-0.25, -0.2) is 0 Å². The molecule has 0 bridgehead atoms. The van der Waals surface area contributed by atoms with Gasteiger partial charge in [0.1, 0.15) is 5.92 Å². The van der Waals surface area contributed by atoms with Crippen molar-refractivity contribution in [1.29, 1.82) is 0 Å². The summed E-state index contributed by atoms with van der Waals surface area (Å²) < 4.78 is 0. The van der Waals surface area contributed by atoms with Crippen molar-refractivity contribution < 1.29 is 14.4 Å². The highest BCUT2D eigenvalue weighted by atomic mass is 35.5. The Morgan fingerprint density at radius 2 is 2.10 bits per heavy atom. The van der Waals surface area contributed by atoms with E-state index in [1.807, 2.05) is 0 Å². The van der Waals surface area contributed by atoms with Crippen LogP contribution in [0, 0.1) is 5.92 Å². The van der Waals surface area contributed by atoms with E-state index >= 15 is 0 Å². The first-order valence-corrected chi connectivity index (χ1v) is 6.47. The number of nitrogens with zero attached hydrogens (tertiary/aromatic N) is 1. The van der Waals surface area contributed by atoms with Crippen molar-refractivity contribution in [2.75, 3.05) is 12.4 Å². The molecule has 1 atom stereocenters. The lowest BCUT2D eigenvalue weighted by Gasteiger charge is -2.09. The van der Waals surface area contributed by atoms with Crippen LogP contribution < -0.4 is 10.7 Å². The summed E-state index contributed by atoms with van der Waals surface area (Å²) in [6.45, 7) is 0. The first-order valence-electron chi connectivity index (χ1n) is 5.71. The van der Waals surface area contributed by atoms with Gasteiger partial charge in [0.05, 0.1) is 10.7 Å². The SMILES string of the molecule is CN1NC(=O)C(CC(=O)Nc2cc(Cl)ccc2Cl)C1=O. The van der Waals surface area contributed by atoms with Crippen LogP contribution in [0.25, 0.3) is 0 Å². The average molecular weight is 316 g/mol. The molecule has 1 aliphatic rings. The summed E-state index contributed by atoms with van der Waals surface area (Å²) in [6, 6.07) is 4.62. The molecule has 1 aromatic rings. The van der Waals surface area contributed by atoms with Crippen LogP contribution in [0.5, 0.6) is 0 Å². The van der Waals surface area contributed by atoms with Gasteiger partial charge in [-0.15, -0.1) is 0 Å². The largest absolute Gasteiger partial charge is 0.325 e. The van der Waals surface area contributed by atoms with Crippen LogP contribution in [-0.4, -0.2) is 29.8 Å². The van der Waals surface area contributed by atoms with E-state index in [2.05, 4.69) is 10.7 Å². The Bertz CT molecular complexity index is 591. The maximum Gasteiger partial charge on any atom is 0.253 e. The lowest BCUT2D eigenvalue weighted by atomic mass is 10.0. The second-order valence-electron chi connectivity index (χ2n) is 4.30. The number of amides is 3. The average Bonchev–Trinajstić information content (AvgIpc) is 2.61. The second kappa shape index (κ2) is 5.68. The first-order chi connectivity index (χ1) is 9.38. The molecule has 20 heavy (non-hydrogen) atoms. The maximum atomic E-state index is 11.9. The van der Waals surface area contributed by atoms with Crippen LogP contribution in [0.2, 0.25) is 10.0 Å². The summed E-state index contributed by atoms with van der Waals surface area (Å²) >= 11 is 11.7. The number of carbonyl (C=O) groups excluding carboxylic acids is 3. The van der Waals surface area contributed by atoms with E-state index in [9.17, 15) is 14.4 Å². The second-order valence-corrected chi connectivity index (χ2v) is 5.15. The summed E-state index contributed by atoms with van der Waals surface area (Å²) in [5, 5.41) is 4.33. The maximum absolute atomic E-state index is 11.9. The van der Waals surface area contributed by atoms with Crippen molar-refractivity contribution in [2.45, 2.75) is 6.42 Å². The van der Waals surface area contributed by atoms with Gasteiger partial charge >= 0.3 is 0 Å². The molecule has 0 aliphatic carbocycles. The van der Waals surface area contributed by atoms with Crippen molar-refractivity contribution in [3.8, 4) is 0 Å². The van der Waals surface area contributed by atoms with Crippen molar-refractivity contribution in [3.63, 3.8) is 0 Å². The molecule has 0 aromatic heterocycles.